The van der Waals surface area contributed by atoms with Crippen molar-refractivity contribution in [3.05, 3.63) is 160 Å². The Morgan fingerprint density at radius 1 is 0.471 bits per heavy atom. The number of aromatic amines is 3. The molecule has 87 heavy (non-hydrogen) atoms. The topological polar surface area (TPSA) is 302 Å². The maximum absolute atomic E-state index is 6.37. The quantitative estimate of drug-likeness (QED) is 0.0493. The van der Waals surface area contributed by atoms with E-state index in [1.54, 1.807) is 69.7 Å². The van der Waals surface area contributed by atoms with Gasteiger partial charge in [-0.25, -0.2) is 29.9 Å². The number of furan rings is 3. The third kappa shape index (κ3) is 9.10. The molecule has 0 aliphatic rings. The van der Waals surface area contributed by atoms with Crippen LogP contribution in [0.3, 0.4) is 0 Å². The molecule has 25 heteroatoms. The third-order valence-electron chi connectivity index (χ3n) is 15.0. The molecule has 4 aromatic carbocycles. The number of fused-ring (bicyclic) bond motifs is 3. The average Bonchev–Trinajstić information content (AvgIpc) is 2.18. The van der Waals surface area contributed by atoms with Gasteiger partial charge >= 0.3 is 0 Å². The number of methoxy groups -OCH3 is 3. The van der Waals surface area contributed by atoms with Gasteiger partial charge in [-0.15, -0.1) is 0 Å². The standard InChI is InChI=1S/C62H47N19O6/c1-80-25-39(24-70-80)54-51-58(64-30-67-61(51)78-75-54)73-45-20-37(35-12-15-85-26-35)18-42(56(45)84-5)32-7-6-8-34(17-32)53-50-57(63-29-66-60(50)77-74-53)72-44-22-40(36-13-16-86-27-36)41(23-48(44)83-4)38-21-49(87-28-38)55-52-59(65-31-68-62(52)79-76-55)71-43-19-33(9-10-47(43)82-3)46-11-14-69-81(46)2/h6-31H,1-5H3,(H2,63,66,72,74,77)(H2,64,67,73,75,78)(H2,65,68,71,76,79). The molecule has 0 spiro atoms. The van der Waals surface area contributed by atoms with Gasteiger partial charge in [-0.1, -0.05) is 18.2 Å². The molecular weight excluding hydrogens is 1110 g/mol. The summed E-state index contributed by atoms with van der Waals surface area (Å²) in [5.41, 5.74) is 15.0. The summed E-state index contributed by atoms with van der Waals surface area (Å²) in [7, 11) is 8.62. The van der Waals surface area contributed by atoms with Crippen LogP contribution in [0.25, 0.3) is 123 Å². The van der Waals surface area contributed by atoms with Gasteiger partial charge in [0.1, 0.15) is 70.8 Å². The molecule has 0 saturated heterocycles. The van der Waals surface area contributed by atoms with Crippen molar-refractivity contribution in [2.24, 2.45) is 14.1 Å². The molecule has 25 nitrogen and oxygen atoms in total. The van der Waals surface area contributed by atoms with Crippen molar-refractivity contribution in [3.63, 3.8) is 0 Å². The van der Waals surface area contributed by atoms with Gasteiger partial charge < -0.3 is 43.4 Å². The van der Waals surface area contributed by atoms with Gasteiger partial charge in [0.2, 0.25) is 0 Å². The zero-order chi connectivity index (χ0) is 58.7. The minimum atomic E-state index is 0.458. The lowest BCUT2D eigenvalue weighted by atomic mass is 9.95. The number of benzene rings is 4. The summed E-state index contributed by atoms with van der Waals surface area (Å²) in [5, 5.41) is 44.7. The molecule has 0 bridgehead atoms. The molecule has 0 saturated carbocycles. The van der Waals surface area contributed by atoms with E-state index in [1.807, 2.05) is 104 Å². The predicted octanol–water partition coefficient (Wildman–Crippen LogP) is 12.5. The maximum Gasteiger partial charge on any atom is 0.161 e. The van der Waals surface area contributed by atoms with Crippen LogP contribution in [0, 0.1) is 0 Å². The molecule has 0 radical (unpaired) electrons. The summed E-state index contributed by atoms with van der Waals surface area (Å²) in [4.78, 5) is 27.8. The first kappa shape index (κ1) is 51.5. The molecule has 15 rings (SSSR count). The lowest BCUT2D eigenvalue weighted by Crippen LogP contribution is -2.01. The van der Waals surface area contributed by atoms with E-state index in [4.69, 9.17) is 42.5 Å². The largest absolute Gasteiger partial charge is 0.495 e. The maximum atomic E-state index is 6.37. The molecule has 0 amide bonds. The van der Waals surface area contributed by atoms with Crippen LogP contribution in [0.5, 0.6) is 17.2 Å². The number of anilines is 6. The van der Waals surface area contributed by atoms with E-state index in [9.17, 15) is 0 Å². The molecule has 11 aromatic heterocycles. The van der Waals surface area contributed by atoms with Crippen LogP contribution in [0.15, 0.2) is 173 Å². The first-order valence-electron chi connectivity index (χ1n) is 27.0. The minimum absolute atomic E-state index is 0.458. The highest BCUT2D eigenvalue weighted by molar-refractivity contribution is 6.04. The van der Waals surface area contributed by atoms with E-state index < -0.39 is 0 Å². The highest BCUT2D eigenvalue weighted by Crippen LogP contribution is 2.47. The second kappa shape index (κ2) is 21.1. The van der Waals surface area contributed by atoms with Crippen LogP contribution in [-0.4, -0.2) is 101 Å². The highest BCUT2D eigenvalue weighted by atomic mass is 16.5. The number of ether oxygens (including phenoxy) is 3. The fourth-order valence-electron chi connectivity index (χ4n) is 10.9. The fraction of sp³-hybridized carbons (Fsp3) is 0.0806. The molecule has 0 aliphatic carbocycles. The molecule has 0 fully saturated rings. The van der Waals surface area contributed by atoms with Gasteiger partial charge in [-0.05, 0) is 95.1 Å². The third-order valence-corrected chi connectivity index (χ3v) is 15.0. The van der Waals surface area contributed by atoms with Crippen molar-refractivity contribution < 1.29 is 27.5 Å². The van der Waals surface area contributed by atoms with Crippen molar-refractivity contribution in [1.82, 2.24) is 80.1 Å². The zero-order valence-corrected chi connectivity index (χ0v) is 46.8. The van der Waals surface area contributed by atoms with E-state index in [2.05, 4.69) is 83.7 Å². The fourth-order valence-corrected chi connectivity index (χ4v) is 10.9. The number of aryl methyl sites for hydroxylation is 2. The molecule has 0 unspecified atom stereocenters. The van der Waals surface area contributed by atoms with Crippen LogP contribution >= 0.6 is 0 Å². The molecule has 6 N–H and O–H groups in total. The number of hydrogen-bond donors (Lipinski definition) is 6. The van der Waals surface area contributed by atoms with Gasteiger partial charge in [0.25, 0.3) is 0 Å². The summed E-state index contributed by atoms with van der Waals surface area (Å²) < 4.78 is 39.4. The number of nitrogens with one attached hydrogen (secondary N) is 6. The van der Waals surface area contributed by atoms with Crippen LogP contribution in [-0.2, 0) is 14.1 Å². The summed E-state index contributed by atoms with van der Waals surface area (Å²) in [6.07, 6.45) is 18.1. The predicted molar refractivity (Wildman–Crippen MR) is 325 cm³/mol. The lowest BCUT2D eigenvalue weighted by molar-refractivity contribution is 0.417. The average molecular weight is 1150 g/mol. The Morgan fingerprint density at radius 2 is 1.09 bits per heavy atom. The van der Waals surface area contributed by atoms with E-state index in [0.717, 1.165) is 66.9 Å². The van der Waals surface area contributed by atoms with Crippen molar-refractivity contribution in [2.45, 2.75) is 0 Å². The number of aromatic nitrogens is 16. The highest BCUT2D eigenvalue weighted by Gasteiger charge is 2.26. The molecular formula is C62H47N19O6. The van der Waals surface area contributed by atoms with Crippen molar-refractivity contribution in [1.29, 1.82) is 0 Å². The monoisotopic (exact) mass is 1150 g/mol. The van der Waals surface area contributed by atoms with Crippen molar-refractivity contribution in [2.75, 3.05) is 37.3 Å². The minimum Gasteiger partial charge on any atom is -0.495 e. The Hall–Kier alpha value is -12.4. The number of hydrogen-bond acceptors (Lipinski definition) is 20. The second-order valence-electron chi connectivity index (χ2n) is 20.1. The Balaban J connectivity index is 0.776. The summed E-state index contributed by atoms with van der Waals surface area (Å²) in [6.45, 7) is 0. The smallest absolute Gasteiger partial charge is 0.161 e. The first-order chi connectivity index (χ1) is 42.8. The van der Waals surface area contributed by atoms with Crippen molar-refractivity contribution in [3.8, 4) is 107 Å². The summed E-state index contributed by atoms with van der Waals surface area (Å²) in [6, 6.07) is 29.5. The van der Waals surface area contributed by atoms with Gasteiger partial charge in [0.05, 0.1) is 97.8 Å². The van der Waals surface area contributed by atoms with Crippen LogP contribution in [0.4, 0.5) is 34.5 Å². The molecule has 0 atom stereocenters. The summed E-state index contributed by atoms with van der Waals surface area (Å²) in [5.74, 6) is 3.59. The number of nitrogens with zero attached hydrogens (tertiary/aromatic N) is 13. The first-order valence-corrected chi connectivity index (χ1v) is 27.0. The number of rotatable bonds is 17. The lowest BCUT2D eigenvalue weighted by Gasteiger charge is -2.18. The van der Waals surface area contributed by atoms with Gasteiger partial charge in [0, 0.05) is 65.4 Å². The Kier molecular flexibility index (Phi) is 12.5. The Morgan fingerprint density at radius 3 is 1.72 bits per heavy atom. The van der Waals surface area contributed by atoms with Crippen LogP contribution < -0.4 is 30.2 Å². The molecule has 11 heterocycles. The second-order valence-corrected chi connectivity index (χ2v) is 20.1. The molecule has 15 aromatic rings. The van der Waals surface area contributed by atoms with Crippen molar-refractivity contribution >= 4 is 67.6 Å². The number of H-pyrrole nitrogens is 3. The zero-order valence-electron chi connectivity index (χ0n) is 46.8. The van der Waals surface area contributed by atoms with E-state index >= 15 is 0 Å². The Labute approximate surface area is 491 Å². The van der Waals surface area contributed by atoms with Crippen LogP contribution in [0.2, 0.25) is 0 Å². The SMILES string of the molecule is COc1cc(-c2coc(-c3n[nH]c4ncnc(Nc5cc(-c6ccnn6C)ccc5OC)c34)c2)c(-c2ccoc2)cc1Nc1ncnc2[nH]nc(-c3cccc(-c4cc(-c5ccoc5)cc(Nc5ncnc6[nH]nc(-c7cnn(C)c7)c56)c4OC)c3)c12. The van der Waals surface area contributed by atoms with Gasteiger partial charge in [-0.2, -0.15) is 25.5 Å². The van der Waals surface area contributed by atoms with Crippen LogP contribution in [0.1, 0.15) is 0 Å². The Bertz CT molecular complexity index is 5050. The molecule has 426 valence electrons. The van der Waals surface area contributed by atoms with Gasteiger partial charge in [-0.3, -0.25) is 24.7 Å². The summed E-state index contributed by atoms with van der Waals surface area (Å²) >= 11 is 0. The molecule has 0 aliphatic heterocycles. The van der Waals surface area contributed by atoms with E-state index in [0.29, 0.717) is 108 Å². The van der Waals surface area contributed by atoms with E-state index in [-0.39, 0.29) is 0 Å². The normalized spacial score (nSPS) is 11.5. The van der Waals surface area contributed by atoms with E-state index in [1.165, 1.54) is 19.0 Å². The van der Waals surface area contributed by atoms with Gasteiger partial charge in [0.15, 0.2) is 22.7 Å².